The van der Waals surface area contributed by atoms with E-state index in [0.29, 0.717) is 27.8 Å². The fourth-order valence-electron chi connectivity index (χ4n) is 4.00. The molecule has 0 amide bonds. The van der Waals surface area contributed by atoms with Gasteiger partial charge in [-0.25, -0.2) is 22.8 Å². The molecule has 36 heavy (non-hydrogen) atoms. The van der Waals surface area contributed by atoms with Gasteiger partial charge >= 0.3 is 0 Å². The van der Waals surface area contributed by atoms with Crippen LogP contribution >= 0.6 is 11.6 Å². The molecule has 13 heteroatoms. The number of nitrogens with zero attached hydrogens (tertiary/aromatic N) is 4. The first-order valence-corrected chi connectivity index (χ1v) is 12.4. The Morgan fingerprint density at radius 1 is 1.25 bits per heavy atom. The molecule has 5 rings (SSSR count). The van der Waals surface area contributed by atoms with Crippen molar-refractivity contribution in [1.82, 2.24) is 24.7 Å². The number of aliphatic hydroxyl groups is 1. The summed E-state index contributed by atoms with van der Waals surface area (Å²) in [6.07, 6.45) is 6.12. The second-order valence-electron chi connectivity index (χ2n) is 7.99. The van der Waals surface area contributed by atoms with Crippen LogP contribution in [0.5, 0.6) is 0 Å². The van der Waals surface area contributed by atoms with Gasteiger partial charge < -0.3 is 10.8 Å². The van der Waals surface area contributed by atoms with Crippen LogP contribution < -0.4 is 10.5 Å². The lowest BCUT2D eigenvalue weighted by molar-refractivity contribution is 0.281. The zero-order valence-electron chi connectivity index (χ0n) is 18.7. The maximum atomic E-state index is 15.8. The van der Waals surface area contributed by atoms with Crippen LogP contribution in [-0.2, 0) is 16.6 Å². The predicted octanol–water partition coefficient (Wildman–Crippen LogP) is 3.79. The summed E-state index contributed by atoms with van der Waals surface area (Å²) in [6.45, 7) is 1.22. The average molecular weight is 528 g/mol. The summed E-state index contributed by atoms with van der Waals surface area (Å²) >= 11 is 6.22. The fourth-order valence-corrected chi connectivity index (χ4v) is 5.74. The van der Waals surface area contributed by atoms with Crippen molar-refractivity contribution in [1.29, 1.82) is 0 Å². The summed E-state index contributed by atoms with van der Waals surface area (Å²) in [6, 6.07) is 7.22. The lowest BCUT2D eigenvalue weighted by Crippen LogP contribution is -2.15. The number of halogens is 2. The normalized spacial score (nSPS) is 11.8. The number of sulfonamides is 1. The van der Waals surface area contributed by atoms with Crippen LogP contribution in [0.1, 0.15) is 11.1 Å². The van der Waals surface area contributed by atoms with Crippen molar-refractivity contribution in [3.63, 3.8) is 0 Å². The molecule has 3 heterocycles. The molecule has 5 N–H and O–H groups in total. The first kappa shape index (κ1) is 23.7. The fraction of sp³-hybridized carbons (Fsp3) is 0.0870. The van der Waals surface area contributed by atoms with Crippen molar-refractivity contribution in [2.45, 2.75) is 18.4 Å². The molecular weight excluding hydrogens is 509 g/mol. The number of aromatic nitrogens is 5. The highest BCUT2D eigenvalue weighted by atomic mass is 35.5. The SMILES string of the molecule is Cc1cc(CO)c(Cl)c(S(=O)(=O)Nc2cccc(-c3cn(-c4cn[nH]c4)c4ncnc(N)c34)c2F)c1. The quantitative estimate of drug-likeness (QED) is 0.262. The summed E-state index contributed by atoms with van der Waals surface area (Å²) in [4.78, 5) is 8.05. The number of aliphatic hydroxyl groups excluding tert-OH is 1. The van der Waals surface area contributed by atoms with E-state index in [0.717, 1.165) is 0 Å². The van der Waals surface area contributed by atoms with E-state index in [1.807, 2.05) is 0 Å². The maximum Gasteiger partial charge on any atom is 0.263 e. The number of aromatic amines is 1. The Morgan fingerprint density at radius 3 is 2.78 bits per heavy atom. The number of hydrogen-bond donors (Lipinski definition) is 4. The molecule has 0 spiro atoms. The number of benzene rings is 2. The lowest BCUT2D eigenvalue weighted by atomic mass is 10.0. The number of nitrogens with one attached hydrogen (secondary N) is 2. The third-order valence-corrected chi connectivity index (χ3v) is 7.57. The van der Waals surface area contributed by atoms with Gasteiger partial charge in [-0.1, -0.05) is 29.8 Å². The summed E-state index contributed by atoms with van der Waals surface area (Å²) in [5.74, 6) is -0.701. The average Bonchev–Trinajstić information content (AvgIpc) is 3.50. The number of anilines is 2. The lowest BCUT2D eigenvalue weighted by Gasteiger charge is -2.14. The van der Waals surface area contributed by atoms with E-state index in [1.165, 1.54) is 30.6 Å². The van der Waals surface area contributed by atoms with Crippen molar-refractivity contribution in [3.8, 4) is 16.8 Å². The molecule has 0 saturated carbocycles. The topological polar surface area (TPSA) is 152 Å². The summed E-state index contributed by atoms with van der Waals surface area (Å²) < 4.78 is 46.1. The number of aryl methyl sites for hydroxylation is 1. The van der Waals surface area contributed by atoms with E-state index in [9.17, 15) is 13.5 Å². The van der Waals surface area contributed by atoms with Gasteiger partial charge in [0.15, 0.2) is 11.5 Å². The van der Waals surface area contributed by atoms with Gasteiger partial charge in [-0.3, -0.25) is 14.4 Å². The van der Waals surface area contributed by atoms with Gasteiger partial charge in [-0.2, -0.15) is 5.10 Å². The van der Waals surface area contributed by atoms with Crippen LogP contribution in [-0.4, -0.2) is 38.3 Å². The van der Waals surface area contributed by atoms with Gasteiger partial charge in [0.1, 0.15) is 17.0 Å². The van der Waals surface area contributed by atoms with Gasteiger partial charge in [0.25, 0.3) is 10.0 Å². The highest BCUT2D eigenvalue weighted by Gasteiger charge is 2.25. The first-order chi connectivity index (χ1) is 17.2. The second-order valence-corrected chi connectivity index (χ2v) is 10.0. The minimum absolute atomic E-state index is 0.0790. The first-order valence-electron chi connectivity index (χ1n) is 10.5. The van der Waals surface area contributed by atoms with Crippen LogP contribution in [0.4, 0.5) is 15.9 Å². The molecule has 10 nitrogen and oxygen atoms in total. The van der Waals surface area contributed by atoms with E-state index in [-0.39, 0.29) is 32.6 Å². The Hall–Kier alpha value is -4.00. The number of fused-ring (bicyclic) bond motifs is 1. The molecule has 0 radical (unpaired) electrons. The van der Waals surface area contributed by atoms with Crippen LogP contribution in [0.15, 0.2) is 60.1 Å². The molecular formula is C23H19ClFN7O3S. The van der Waals surface area contributed by atoms with E-state index in [4.69, 9.17) is 17.3 Å². The van der Waals surface area contributed by atoms with Gasteiger partial charge in [-0.15, -0.1) is 0 Å². The Balaban J connectivity index is 1.64. The van der Waals surface area contributed by atoms with Gasteiger partial charge in [0.05, 0.1) is 34.6 Å². The number of nitrogen functional groups attached to an aromatic ring is 1. The van der Waals surface area contributed by atoms with Crippen LogP contribution in [0.2, 0.25) is 5.02 Å². The highest BCUT2D eigenvalue weighted by molar-refractivity contribution is 7.92. The minimum atomic E-state index is -4.30. The minimum Gasteiger partial charge on any atom is -0.392 e. The molecule has 0 atom stereocenters. The van der Waals surface area contributed by atoms with Crippen molar-refractivity contribution in [3.05, 3.63) is 77.2 Å². The summed E-state index contributed by atoms with van der Waals surface area (Å²) in [7, 11) is -4.30. The van der Waals surface area contributed by atoms with E-state index in [2.05, 4.69) is 24.9 Å². The second kappa shape index (κ2) is 8.90. The Kier molecular flexibility index (Phi) is 5.86. The van der Waals surface area contributed by atoms with Crippen molar-refractivity contribution >= 4 is 44.2 Å². The zero-order valence-corrected chi connectivity index (χ0v) is 20.3. The molecule has 0 aliphatic heterocycles. The Labute approximate surface area is 209 Å². The molecule has 5 aromatic rings. The highest BCUT2D eigenvalue weighted by Crippen LogP contribution is 2.38. The monoisotopic (exact) mass is 527 g/mol. The van der Waals surface area contributed by atoms with E-state index >= 15 is 4.39 Å². The molecule has 0 fully saturated rings. The molecule has 3 aromatic heterocycles. The van der Waals surface area contributed by atoms with Crippen molar-refractivity contribution in [2.75, 3.05) is 10.5 Å². The van der Waals surface area contributed by atoms with E-state index < -0.39 is 22.4 Å². The third kappa shape index (κ3) is 3.94. The number of rotatable bonds is 6. The molecule has 2 aromatic carbocycles. The molecule has 0 saturated heterocycles. The summed E-state index contributed by atoms with van der Waals surface area (Å²) in [5, 5.41) is 16.4. The van der Waals surface area contributed by atoms with Gasteiger partial charge in [-0.05, 0) is 30.2 Å². The maximum absolute atomic E-state index is 15.8. The van der Waals surface area contributed by atoms with E-state index in [1.54, 1.807) is 36.1 Å². The smallest absolute Gasteiger partial charge is 0.263 e. The predicted molar refractivity (Wildman–Crippen MR) is 134 cm³/mol. The number of hydrogen-bond acceptors (Lipinski definition) is 7. The van der Waals surface area contributed by atoms with Gasteiger partial charge in [0, 0.05) is 23.5 Å². The largest absolute Gasteiger partial charge is 0.392 e. The molecule has 0 aliphatic rings. The Bertz CT molecular complexity index is 1720. The van der Waals surface area contributed by atoms with Crippen molar-refractivity contribution < 1.29 is 17.9 Å². The van der Waals surface area contributed by atoms with Crippen LogP contribution in [0.25, 0.3) is 27.8 Å². The van der Waals surface area contributed by atoms with Crippen LogP contribution in [0, 0.1) is 12.7 Å². The van der Waals surface area contributed by atoms with Crippen molar-refractivity contribution in [2.24, 2.45) is 0 Å². The third-order valence-electron chi connectivity index (χ3n) is 5.63. The van der Waals surface area contributed by atoms with Crippen LogP contribution in [0.3, 0.4) is 0 Å². The molecule has 0 bridgehead atoms. The number of H-pyrrole nitrogens is 1. The Morgan fingerprint density at radius 2 is 2.06 bits per heavy atom. The summed E-state index contributed by atoms with van der Waals surface area (Å²) in [5.41, 5.74) is 8.14. The standard InChI is InChI=1S/C23H19ClFN7O3S/c1-12-5-13(10-33)20(24)18(6-12)36(34,35)31-17-4-2-3-15(21(17)25)16-9-32(14-7-29-30-8-14)23-19(16)22(26)27-11-28-23/h2-9,11,31,33H,10H2,1H3,(H,29,30)(H2,26,27,28). The zero-order chi connectivity index (χ0) is 25.6. The van der Waals surface area contributed by atoms with Gasteiger partial charge in [0.2, 0.25) is 0 Å². The molecule has 184 valence electrons. The molecule has 0 aliphatic carbocycles. The molecule has 0 unspecified atom stereocenters. The number of nitrogens with two attached hydrogens (primary N) is 1.